The van der Waals surface area contributed by atoms with Crippen molar-refractivity contribution in [2.45, 2.75) is 32.4 Å². The highest BCUT2D eigenvalue weighted by molar-refractivity contribution is 6.30. The number of fused-ring (bicyclic) bond motifs is 1. The zero-order valence-corrected chi connectivity index (χ0v) is 18.9. The summed E-state index contributed by atoms with van der Waals surface area (Å²) < 4.78 is 0. The summed E-state index contributed by atoms with van der Waals surface area (Å²) in [7, 11) is 0. The molecule has 0 radical (unpaired) electrons. The molecule has 3 aromatic carbocycles. The summed E-state index contributed by atoms with van der Waals surface area (Å²) in [6, 6.07) is 19.7. The van der Waals surface area contributed by atoms with Gasteiger partial charge in [-0.05, 0) is 61.4 Å². The van der Waals surface area contributed by atoms with Crippen molar-refractivity contribution in [1.29, 1.82) is 0 Å². The van der Waals surface area contributed by atoms with E-state index in [0.717, 1.165) is 11.3 Å². The first-order valence-corrected chi connectivity index (χ1v) is 10.9. The van der Waals surface area contributed by atoms with Crippen molar-refractivity contribution in [3.63, 3.8) is 0 Å². The zero-order chi connectivity index (χ0) is 23.7. The van der Waals surface area contributed by atoms with Gasteiger partial charge >= 0.3 is 0 Å². The molecule has 3 aromatic rings. The molecule has 0 saturated heterocycles. The first-order valence-electron chi connectivity index (χ1n) is 10.5. The number of carbonyl (C=O) groups is 2. The number of nitro groups is 1. The lowest BCUT2D eigenvalue weighted by atomic mass is 9.89. The van der Waals surface area contributed by atoms with Crippen molar-refractivity contribution in [1.82, 2.24) is 0 Å². The highest BCUT2D eigenvalue weighted by Gasteiger charge is 2.38. The maximum atomic E-state index is 13.4. The van der Waals surface area contributed by atoms with Gasteiger partial charge in [0.1, 0.15) is 0 Å². The molecule has 7 nitrogen and oxygen atoms in total. The van der Waals surface area contributed by atoms with Crippen molar-refractivity contribution in [3.8, 4) is 0 Å². The molecule has 8 heteroatoms. The van der Waals surface area contributed by atoms with Crippen LogP contribution < -0.4 is 9.80 Å². The van der Waals surface area contributed by atoms with Crippen molar-refractivity contribution < 1.29 is 14.5 Å². The van der Waals surface area contributed by atoms with Crippen LogP contribution in [-0.2, 0) is 4.79 Å². The van der Waals surface area contributed by atoms with Crippen LogP contribution in [0, 0.1) is 10.1 Å². The highest BCUT2D eigenvalue weighted by atomic mass is 35.5. The number of non-ortho nitro benzene ring substituents is 1. The SMILES string of the molecule is CC(=O)N(c1ccc(Cl)cc1)C1CC(C)N(C(=O)c2ccc([N+](=O)[O-])cc2)c2ccccc21. The van der Waals surface area contributed by atoms with Crippen molar-refractivity contribution in [2.24, 2.45) is 0 Å². The van der Waals surface area contributed by atoms with E-state index in [1.807, 2.05) is 43.3 Å². The van der Waals surface area contributed by atoms with E-state index in [0.29, 0.717) is 22.7 Å². The summed E-state index contributed by atoms with van der Waals surface area (Å²) >= 11 is 6.04. The number of benzene rings is 3. The Labute approximate surface area is 196 Å². The van der Waals surface area contributed by atoms with Gasteiger partial charge < -0.3 is 9.80 Å². The normalized spacial score (nSPS) is 17.2. The topological polar surface area (TPSA) is 83.8 Å². The van der Waals surface area contributed by atoms with E-state index in [9.17, 15) is 19.7 Å². The van der Waals surface area contributed by atoms with Crippen LogP contribution in [0.1, 0.15) is 42.2 Å². The van der Waals surface area contributed by atoms with Crippen LogP contribution in [0.4, 0.5) is 17.1 Å². The molecular weight excluding hydrogens is 442 g/mol. The largest absolute Gasteiger partial charge is 0.305 e. The van der Waals surface area contributed by atoms with Gasteiger partial charge in [0, 0.05) is 47.1 Å². The van der Waals surface area contributed by atoms with E-state index < -0.39 is 4.92 Å². The third-order valence-corrected chi connectivity index (χ3v) is 6.11. The fourth-order valence-electron chi connectivity index (χ4n) is 4.38. The lowest BCUT2D eigenvalue weighted by Gasteiger charge is -2.43. The summed E-state index contributed by atoms with van der Waals surface area (Å²) in [5.74, 6) is -0.358. The van der Waals surface area contributed by atoms with Crippen LogP contribution in [0.5, 0.6) is 0 Å². The van der Waals surface area contributed by atoms with Gasteiger partial charge in [0.2, 0.25) is 5.91 Å². The molecule has 1 aliphatic heterocycles. The maximum Gasteiger partial charge on any atom is 0.269 e. The van der Waals surface area contributed by atoms with E-state index in [-0.39, 0.29) is 29.6 Å². The Hall–Kier alpha value is -3.71. The van der Waals surface area contributed by atoms with Crippen LogP contribution in [0.2, 0.25) is 5.02 Å². The standard InChI is InChI=1S/C25H22ClN3O4/c1-16-15-24(28(17(2)30)20-13-9-19(26)10-14-20)22-5-3-4-6-23(22)27(16)25(31)18-7-11-21(12-8-18)29(32)33/h3-14,16,24H,15H2,1-2H3. The predicted molar refractivity (Wildman–Crippen MR) is 128 cm³/mol. The minimum atomic E-state index is -0.495. The molecule has 4 rings (SSSR count). The number of halogens is 1. The van der Waals surface area contributed by atoms with E-state index in [1.54, 1.807) is 21.9 Å². The Balaban J connectivity index is 1.74. The molecule has 0 spiro atoms. The second-order valence-electron chi connectivity index (χ2n) is 8.00. The van der Waals surface area contributed by atoms with Gasteiger partial charge in [0.05, 0.1) is 11.0 Å². The summed E-state index contributed by atoms with van der Waals surface area (Å²) in [5.41, 5.74) is 2.59. The van der Waals surface area contributed by atoms with Crippen LogP contribution in [-0.4, -0.2) is 22.8 Å². The van der Waals surface area contributed by atoms with Gasteiger partial charge in [-0.25, -0.2) is 0 Å². The molecule has 0 bridgehead atoms. The fraction of sp³-hybridized carbons (Fsp3) is 0.200. The van der Waals surface area contributed by atoms with Gasteiger partial charge in [-0.2, -0.15) is 0 Å². The van der Waals surface area contributed by atoms with E-state index in [1.165, 1.54) is 31.2 Å². The molecular formula is C25H22ClN3O4. The molecule has 2 amide bonds. The van der Waals surface area contributed by atoms with E-state index in [4.69, 9.17) is 11.6 Å². The highest BCUT2D eigenvalue weighted by Crippen LogP contribution is 2.42. The predicted octanol–water partition coefficient (Wildman–Crippen LogP) is 5.78. The molecule has 33 heavy (non-hydrogen) atoms. The lowest BCUT2D eigenvalue weighted by Crippen LogP contribution is -2.47. The smallest absolute Gasteiger partial charge is 0.269 e. The van der Waals surface area contributed by atoms with Crippen molar-refractivity contribution >= 4 is 40.5 Å². The van der Waals surface area contributed by atoms with Gasteiger partial charge in [-0.15, -0.1) is 0 Å². The lowest BCUT2D eigenvalue weighted by molar-refractivity contribution is -0.384. The second kappa shape index (κ2) is 9.03. The Bertz CT molecular complexity index is 1210. The van der Waals surface area contributed by atoms with Crippen LogP contribution in [0.15, 0.2) is 72.8 Å². The van der Waals surface area contributed by atoms with Crippen molar-refractivity contribution in [3.05, 3.63) is 99.1 Å². The third kappa shape index (κ3) is 4.32. The van der Waals surface area contributed by atoms with Gasteiger partial charge in [0.25, 0.3) is 11.6 Å². The molecule has 0 N–H and O–H groups in total. The Morgan fingerprint density at radius 2 is 1.67 bits per heavy atom. The quantitative estimate of drug-likeness (QED) is 0.362. The average molecular weight is 464 g/mol. The molecule has 0 saturated carbocycles. The zero-order valence-electron chi connectivity index (χ0n) is 18.1. The Morgan fingerprint density at radius 3 is 2.27 bits per heavy atom. The van der Waals surface area contributed by atoms with Crippen LogP contribution in [0.3, 0.4) is 0 Å². The summed E-state index contributed by atoms with van der Waals surface area (Å²) in [6.07, 6.45) is 0.526. The molecule has 0 fully saturated rings. The van der Waals surface area contributed by atoms with Crippen molar-refractivity contribution in [2.75, 3.05) is 9.80 Å². The van der Waals surface area contributed by atoms with Crippen LogP contribution >= 0.6 is 11.6 Å². The Kier molecular flexibility index (Phi) is 6.16. The fourth-order valence-corrected chi connectivity index (χ4v) is 4.51. The average Bonchev–Trinajstić information content (AvgIpc) is 2.80. The number of nitrogens with zero attached hydrogens (tertiary/aromatic N) is 3. The molecule has 0 aliphatic carbocycles. The number of carbonyl (C=O) groups excluding carboxylic acids is 2. The number of hydrogen-bond acceptors (Lipinski definition) is 4. The molecule has 1 aliphatic rings. The molecule has 0 aromatic heterocycles. The third-order valence-electron chi connectivity index (χ3n) is 5.86. The van der Waals surface area contributed by atoms with Crippen LogP contribution in [0.25, 0.3) is 0 Å². The summed E-state index contributed by atoms with van der Waals surface area (Å²) in [4.78, 5) is 40.1. The van der Waals surface area contributed by atoms with E-state index >= 15 is 0 Å². The number of amides is 2. The first kappa shape index (κ1) is 22.5. The molecule has 168 valence electrons. The second-order valence-corrected chi connectivity index (χ2v) is 8.44. The minimum absolute atomic E-state index is 0.0706. The molecule has 1 heterocycles. The monoisotopic (exact) mass is 463 g/mol. The summed E-state index contributed by atoms with van der Waals surface area (Å²) in [6.45, 7) is 3.46. The number of para-hydroxylation sites is 1. The number of nitro benzene ring substituents is 1. The number of anilines is 2. The van der Waals surface area contributed by atoms with Gasteiger partial charge in [-0.1, -0.05) is 29.8 Å². The van der Waals surface area contributed by atoms with Gasteiger partial charge in [-0.3, -0.25) is 19.7 Å². The first-order chi connectivity index (χ1) is 15.8. The molecule has 2 atom stereocenters. The van der Waals surface area contributed by atoms with E-state index in [2.05, 4.69) is 0 Å². The van der Waals surface area contributed by atoms with Gasteiger partial charge in [0.15, 0.2) is 0 Å². The Morgan fingerprint density at radius 1 is 1.03 bits per heavy atom. The molecule has 2 unspecified atom stereocenters. The maximum absolute atomic E-state index is 13.4. The summed E-state index contributed by atoms with van der Waals surface area (Å²) in [5, 5.41) is 11.5. The number of hydrogen-bond donors (Lipinski definition) is 0. The number of rotatable bonds is 4. The minimum Gasteiger partial charge on any atom is -0.305 e.